The van der Waals surface area contributed by atoms with Crippen molar-refractivity contribution in [2.75, 3.05) is 33.4 Å². The average Bonchev–Trinajstić information content (AvgIpc) is 3.16. The molecule has 1 N–H and O–H groups in total. The molecule has 1 saturated heterocycles. The van der Waals surface area contributed by atoms with E-state index in [0.717, 1.165) is 24.9 Å². The highest BCUT2D eigenvalue weighted by Crippen LogP contribution is 2.17. The van der Waals surface area contributed by atoms with E-state index >= 15 is 0 Å². The minimum absolute atomic E-state index is 0.0480. The molecule has 2 aromatic heterocycles. The molecule has 0 aliphatic carbocycles. The molecule has 1 aliphatic heterocycles. The van der Waals surface area contributed by atoms with Gasteiger partial charge in [0, 0.05) is 44.7 Å². The van der Waals surface area contributed by atoms with Crippen LogP contribution in [0.15, 0.2) is 29.0 Å². The second-order valence-electron chi connectivity index (χ2n) is 5.99. The van der Waals surface area contributed by atoms with Crippen LogP contribution in [0.25, 0.3) is 11.4 Å². The van der Waals surface area contributed by atoms with Crippen LogP contribution in [0.3, 0.4) is 0 Å². The number of urea groups is 1. The molecule has 26 heavy (non-hydrogen) atoms. The van der Waals surface area contributed by atoms with Gasteiger partial charge in [0.2, 0.25) is 5.82 Å². The van der Waals surface area contributed by atoms with Crippen LogP contribution < -0.4 is 5.32 Å². The number of piperidine rings is 1. The summed E-state index contributed by atoms with van der Waals surface area (Å²) in [6.45, 7) is 2.49. The first-order valence-electron chi connectivity index (χ1n) is 8.62. The van der Waals surface area contributed by atoms with Crippen LogP contribution in [0, 0.1) is 0 Å². The van der Waals surface area contributed by atoms with E-state index in [-0.39, 0.29) is 18.7 Å². The van der Waals surface area contributed by atoms with Gasteiger partial charge in [0.05, 0.1) is 12.7 Å². The number of nitrogens with zero attached hydrogens (tertiary/aromatic N) is 4. The van der Waals surface area contributed by atoms with Gasteiger partial charge in [-0.25, -0.2) is 4.79 Å². The van der Waals surface area contributed by atoms with E-state index in [0.29, 0.717) is 31.4 Å². The van der Waals surface area contributed by atoms with Gasteiger partial charge in [-0.3, -0.25) is 4.98 Å². The molecule has 2 aromatic rings. The van der Waals surface area contributed by atoms with Crippen LogP contribution in [0.4, 0.5) is 4.79 Å². The largest absolute Gasteiger partial charge is 0.383 e. The predicted molar refractivity (Wildman–Crippen MR) is 92.2 cm³/mol. The van der Waals surface area contributed by atoms with Crippen molar-refractivity contribution in [3.05, 3.63) is 30.4 Å². The lowest BCUT2D eigenvalue weighted by atomic mass is 10.1. The number of pyridine rings is 1. The summed E-state index contributed by atoms with van der Waals surface area (Å²) in [5.41, 5.74) is 0.839. The van der Waals surface area contributed by atoms with E-state index in [9.17, 15) is 4.79 Å². The average molecular weight is 361 g/mol. The number of ether oxygens (including phenoxy) is 2. The van der Waals surface area contributed by atoms with E-state index in [1.807, 2.05) is 12.1 Å². The predicted octanol–water partition coefficient (Wildman–Crippen LogP) is 1.47. The quantitative estimate of drug-likeness (QED) is 0.745. The third-order valence-corrected chi connectivity index (χ3v) is 4.10. The highest BCUT2D eigenvalue weighted by atomic mass is 16.5. The van der Waals surface area contributed by atoms with Crippen LogP contribution in [0.2, 0.25) is 0 Å². The van der Waals surface area contributed by atoms with Gasteiger partial charge in [0.1, 0.15) is 6.61 Å². The lowest BCUT2D eigenvalue weighted by Crippen LogP contribution is -2.48. The molecule has 0 bridgehead atoms. The maximum absolute atomic E-state index is 12.1. The first kappa shape index (κ1) is 18.3. The Kier molecular flexibility index (Phi) is 6.50. The van der Waals surface area contributed by atoms with Gasteiger partial charge in [0.25, 0.3) is 5.89 Å². The number of carbonyl (C=O) groups is 1. The van der Waals surface area contributed by atoms with Gasteiger partial charge in [-0.2, -0.15) is 4.98 Å². The molecule has 3 rings (SSSR count). The zero-order valence-corrected chi connectivity index (χ0v) is 14.8. The number of methoxy groups -OCH3 is 1. The fourth-order valence-electron chi connectivity index (χ4n) is 2.75. The summed E-state index contributed by atoms with van der Waals surface area (Å²) < 4.78 is 16.0. The van der Waals surface area contributed by atoms with Crippen molar-refractivity contribution >= 4 is 6.03 Å². The minimum Gasteiger partial charge on any atom is -0.383 e. The lowest BCUT2D eigenvalue weighted by Gasteiger charge is -2.32. The molecule has 1 aliphatic rings. The van der Waals surface area contributed by atoms with Crippen molar-refractivity contribution in [1.29, 1.82) is 0 Å². The van der Waals surface area contributed by atoms with E-state index in [2.05, 4.69) is 20.4 Å². The van der Waals surface area contributed by atoms with Gasteiger partial charge in [-0.1, -0.05) is 5.16 Å². The summed E-state index contributed by atoms with van der Waals surface area (Å²) in [4.78, 5) is 22.2. The summed E-state index contributed by atoms with van der Waals surface area (Å²) in [6, 6.07) is 3.54. The Labute approximate surface area is 151 Å². The van der Waals surface area contributed by atoms with Crippen LogP contribution >= 0.6 is 0 Å². The van der Waals surface area contributed by atoms with Crippen molar-refractivity contribution < 1.29 is 18.8 Å². The van der Waals surface area contributed by atoms with E-state index in [1.54, 1.807) is 24.4 Å². The van der Waals surface area contributed by atoms with Crippen LogP contribution in [0.1, 0.15) is 18.7 Å². The summed E-state index contributed by atoms with van der Waals surface area (Å²) in [5, 5.41) is 6.78. The maximum Gasteiger partial charge on any atom is 0.317 e. The van der Waals surface area contributed by atoms with Gasteiger partial charge in [-0.05, 0) is 25.0 Å². The van der Waals surface area contributed by atoms with Crippen molar-refractivity contribution in [3.63, 3.8) is 0 Å². The summed E-state index contributed by atoms with van der Waals surface area (Å²) in [7, 11) is 1.61. The standard InChI is InChI=1S/C17H23N5O4/c1-24-10-8-19-17(23)22-9-2-3-14(11-22)25-12-15-20-16(21-26-15)13-4-6-18-7-5-13/h4-7,14H,2-3,8-12H2,1H3,(H,19,23). The highest BCUT2D eigenvalue weighted by molar-refractivity contribution is 5.74. The summed E-state index contributed by atoms with van der Waals surface area (Å²) in [5.74, 6) is 0.923. The Morgan fingerprint density at radius 3 is 3.08 bits per heavy atom. The van der Waals surface area contributed by atoms with Crippen molar-refractivity contribution in [3.8, 4) is 11.4 Å². The Hall–Kier alpha value is -2.52. The zero-order chi connectivity index (χ0) is 18.2. The first-order chi connectivity index (χ1) is 12.8. The van der Waals surface area contributed by atoms with E-state index in [4.69, 9.17) is 14.0 Å². The zero-order valence-electron chi connectivity index (χ0n) is 14.8. The van der Waals surface area contributed by atoms with Gasteiger partial charge in [-0.15, -0.1) is 0 Å². The number of aromatic nitrogens is 3. The number of rotatable bonds is 7. The number of nitrogens with one attached hydrogen (secondary N) is 1. The molecule has 9 heteroatoms. The third kappa shape index (κ3) is 4.99. The number of hydrogen-bond acceptors (Lipinski definition) is 7. The Bertz CT molecular complexity index is 693. The van der Waals surface area contributed by atoms with Crippen LogP contribution in [-0.4, -0.2) is 65.5 Å². The molecule has 1 atom stereocenters. The molecule has 1 unspecified atom stereocenters. The first-order valence-corrected chi connectivity index (χ1v) is 8.62. The van der Waals surface area contributed by atoms with Gasteiger partial charge < -0.3 is 24.2 Å². The van der Waals surface area contributed by atoms with E-state index in [1.165, 1.54) is 0 Å². The topological polar surface area (TPSA) is 103 Å². The molecule has 0 radical (unpaired) electrons. The minimum atomic E-state index is -0.0897. The maximum atomic E-state index is 12.1. The van der Waals surface area contributed by atoms with E-state index < -0.39 is 0 Å². The van der Waals surface area contributed by atoms with Crippen molar-refractivity contribution in [2.45, 2.75) is 25.6 Å². The molecule has 9 nitrogen and oxygen atoms in total. The smallest absolute Gasteiger partial charge is 0.317 e. The molecule has 2 amide bonds. The molecule has 1 fully saturated rings. The summed E-state index contributed by atoms with van der Waals surface area (Å²) in [6.07, 6.45) is 5.10. The Morgan fingerprint density at radius 1 is 1.42 bits per heavy atom. The number of likely N-dealkylation sites (tertiary alicyclic amines) is 1. The number of amides is 2. The molecule has 0 spiro atoms. The normalized spacial score (nSPS) is 17.3. The number of hydrogen-bond donors (Lipinski definition) is 1. The summed E-state index contributed by atoms with van der Waals surface area (Å²) >= 11 is 0. The molecule has 0 aromatic carbocycles. The Morgan fingerprint density at radius 2 is 2.27 bits per heavy atom. The fraction of sp³-hybridized carbons (Fsp3) is 0.529. The van der Waals surface area contributed by atoms with Gasteiger partial charge in [0.15, 0.2) is 0 Å². The fourth-order valence-corrected chi connectivity index (χ4v) is 2.75. The third-order valence-electron chi connectivity index (χ3n) is 4.10. The second kappa shape index (κ2) is 9.25. The van der Waals surface area contributed by atoms with Crippen LogP contribution in [0.5, 0.6) is 0 Å². The van der Waals surface area contributed by atoms with Gasteiger partial charge >= 0.3 is 6.03 Å². The number of carbonyl (C=O) groups excluding carboxylic acids is 1. The van der Waals surface area contributed by atoms with Crippen molar-refractivity contribution in [1.82, 2.24) is 25.3 Å². The second-order valence-corrected chi connectivity index (χ2v) is 5.99. The molecular formula is C17H23N5O4. The van der Waals surface area contributed by atoms with Crippen molar-refractivity contribution in [2.24, 2.45) is 0 Å². The monoisotopic (exact) mass is 361 g/mol. The lowest BCUT2D eigenvalue weighted by molar-refractivity contribution is -0.0104. The molecule has 140 valence electrons. The highest BCUT2D eigenvalue weighted by Gasteiger charge is 2.24. The Balaban J connectivity index is 1.47. The van der Waals surface area contributed by atoms with Crippen LogP contribution in [-0.2, 0) is 16.1 Å². The SMILES string of the molecule is COCCNC(=O)N1CCCC(OCc2nc(-c3ccncc3)no2)C1. The molecular weight excluding hydrogens is 338 g/mol. The molecule has 3 heterocycles. The molecule has 0 saturated carbocycles.